The van der Waals surface area contributed by atoms with E-state index in [-0.39, 0.29) is 24.0 Å². The fourth-order valence-corrected chi connectivity index (χ4v) is 5.17. The first-order chi connectivity index (χ1) is 12.7. The van der Waals surface area contributed by atoms with Crippen LogP contribution >= 0.6 is 35.3 Å². The minimum absolute atomic E-state index is 0. The summed E-state index contributed by atoms with van der Waals surface area (Å²) < 4.78 is 5.33. The SMILES string of the molecule is CN=C(NCCN1CCc2sccc2C1)NCC1(CCOC)CCCC1.I. The van der Waals surface area contributed by atoms with Gasteiger partial charge in [-0.3, -0.25) is 9.89 Å². The molecule has 154 valence electrons. The van der Waals surface area contributed by atoms with Gasteiger partial charge in [-0.05, 0) is 48.1 Å². The molecule has 0 aromatic carbocycles. The molecule has 3 rings (SSSR count). The standard InChI is InChI=1S/C20H34N4OS.HI/c1-21-19(23-16-20(9-13-25-2)7-3-4-8-20)22-10-12-24-11-5-18-17(15-24)6-14-26-18;/h6,14H,3-5,7-13,15-16H2,1-2H3,(H2,21,22,23);1H. The number of hydrogen-bond acceptors (Lipinski definition) is 4. The van der Waals surface area contributed by atoms with Gasteiger partial charge >= 0.3 is 0 Å². The average Bonchev–Trinajstić information content (AvgIpc) is 3.32. The smallest absolute Gasteiger partial charge is 0.191 e. The van der Waals surface area contributed by atoms with Gasteiger partial charge in [-0.1, -0.05) is 12.8 Å². The molecule has 0 saturated heterocycles. The highest BCUT2D eigenvalue weighted by Gasteiger charge is 2.33. The van der Waals surface area contributed by atoms with Crippen LogP contribution < -0.4 is 10.6 Å². The number of aliphatic imine (C=N–C) groups is 1. The summed E-state index contributed by atoms with van der Waals surface area (Å²) >= 11 is 1.90. The molecule has 2 heterocycles. The fraction of sp³-hybridized carbons (Fsp3) is 0.750. The van der Waals surface area contributed by atoms with Gasteiger partial charge in [-0.2, -0.15) is 0 Å². The van der Waals surface area contributed by atoms with Crippen LogP contribution in [0, 0.1) is 5.41 Å². The molecule has 0 radical (unpaired) electrons. The van der Waals surface area contributed by atoms with Crippen LogP contribution in [0.2, 0.25) is 0 Å². The number of guanidine groups is 1. The summed E-state index contributed by atoms with van der Waals surface area (Å²) in [5.41, 5.74) is 1.90. The van der Waals surface area contributed by atoms with Gasteiger partial charge in [-0.15, -0.1) is 35.3 Å². The monoisotopic (exact) mass is 506 g/mol. The predicted octanol–water partition coefficient (Wildman–Crippen LogP) is 3.49. The first-order valence-corrected chi connectivity index (χ1v) is 10.8. The molecule has 5 nitrogen and oxygen atoms in total. The Morgan fingerprint density at radius 1 is 1.33 bits per heavy atom. The van der Waals surface area contributed by atoms with E-state index in [1.165, 1.54) is 44.2 Å². The lowest BCUT2D eigenvalue weighted by atomic mass is 9.83. The molecule has 27 heavy (non-hydrogen) atoms. The maximum absolute atomic E-state index is 5.33. The van der Waals surface area contributed by atoms with E-state index in [1.807, 2.05) is 18.4 Å². The molecule has 0 atom stereocenters. The second-order valence-corrected chi connectivity index (χ2v) is 8.70. The zero-order chi connectivity index (χ0) is 18.2. The van der Waals surface area contributed by atoms with Crippen molar-refractivity contribution >= 4 is 41.3 Å². The Hall–Kier alpha value is -0.380. The number of ether oxygens (including phenoxy) is 1. The summed E-state index contributed by atoms with van der Waals surface area (Å²) in [6.07, 6.45) is 7.63. The highest BCUT2D eigenvalue weighted by Crippen LogP contribution is 2.40. The Labute approximate surface area is 185 Å². The summed E-state index contributed by atoms with van der Waals surface area (Å²) in [4.78, 5) is 8.52. The van der Waals surface area contributed by atoms with Crippen molar-refractivity contribution in [3.05, 3.63) is 21.9 Å². The minimum Gasteiger partial charge on any atom is -0.385 e. The molecular weight excluding hydrogens is 471 g/mol. The number of nitrogens with zero attached hydrogens (tertiary/aromatic N) is 2. The summed E-state index contributed by atoms with van der Waals surface area (Å²) in [7, 11) is 3.67. The lowest BCUT2D eigenvalue weighted by molar-refractivity contribution is 0.138. The summed E-state index contributed by atoms with van der Waals surface area (Å²) in [6.45, 7) is 6.11. The van der Waals surface area contributed by atoms with Crippen molar-refractivity contribution < 1.29 is 4.74 Å². The summed E-state index contributed by atoms with van der Waals surface area (Å²) in [5.74, 6) is 0.932. The summed E-state index contributed by atoms with van der Waals surface area (Å²) in [6, 6.07) is 2.28. The molecule has 1 aliphatic heterocycles. The van der Waals surface area contributed by atoms with Crippen LogP contribution in [0.5, 0.6) is 0 Å². The topological polar surface area (TPSA) is 48.9 Å². The average molecular weight is 506 g/mol. The molecule has 1 aromatic rings. The Bertz CT molecular complexity index is 586. The van der Waals surface area contributed by atoms with Crippen molar-refractivity contribution in [1.82, 2.24) is 15.5 Å². The van der Waals surface area contributed by atoms with Gasteiger partial charge in [0.1, 0.15) is 0 Å². The van der Waals surface area contributed by atoms with E-state index in [0.29, 0.717) is 5.41 Å². The van der Waals surface area contributed by atoms with Crippen molar-refractivity contribution in [3.8, 4) is 0 Å². The number of hydrogen-bond donors (Lipinski definition) is 2. The number of nitrogens with one attached hydrogen (secondary N) is 2. The zero-order valence-corrected chi connectivity index (χ0v) is 19.9. The van der Waals surface area contributed by atoms with Gasteiger partial charge in [0.2, 0.25) is 0 Å². The second kappa shape index (κ2) is 11.6. The maximum atomic E-state index is 5.33. The van der Waals surface area contributed by atoms with E-state index in [1.54, 1.807) is 12.0 Å². The van der Waals surface area contributed by atoms with Crippen molar-refractivity contribution in [1.29, 1.82) is 0 Å². The minimum atomic E-state index is 0. The van der Waals surface area contributed by atoms with E-state index in [9.17, 15) is 0 Å². The normalized spacial score (nSPS) is 19.4. The lowest BCUT2D eigenvalue weighted by Crippen LogP contribution is -2.45. The van der Waals surface area contributed by atoms with Crippen LogP contribution in [-0.2, 0) is 17.7 Å². The largest absolute Gasteiger partial charge is 0.385 e. The Kier molecular flexibility index (Phi) is 9.82. The first-order valence-electron chi connectivity index (χ1n) is 9.96. The molecule has 0 unspecified atom stereocenters. The number of thiophene rings is 1. The predicted molar refractivity (Wildman–Crippen MR) is 125 cm³/mol. The second-order valence-electron chi connectivity index (χ2n) is 7.70. The third-order valence-electron chi connectivity index (χ3n) is 5.96. The number of halogens is 1. The van der Waals surface area contributed by atoms with Crippen molar-refractivity contribution in [2.24, 2.45) is 10.4 Å². The van der Waals surface area contributed by atoms with Gasteiger partial charge in [-0.25, -0.2) is 0 Å². The van der Waals surface area contributed by atoms with Gasteiger partial charge in [0, 0.05) is 58.4 Å². The van der Waals surface area contributed by atoms with Crippen molar-refractivity contribution in [2.45, 2.75) is 45.1 Å². The van der Waals surface area contributed by atoms with Crippen LogP contribution in [0.25, 0.3) is 0 Å². The van der Waals surface area contributed by atoms with E-state index in [4.69, 9.17) is 4.74 Å². The lowest BCUT2D eigenvalue weighted by Gasteiger charge is -2.30. The quantitative estimate of drug-likeness (QED) is 0.322. The molecule has 0 bridgehead atoms. The number of methoxy groups -OCH3 is 1. The molecule has 1 saturated carbocycles. The molecule has 7 heteroatoms. The van der Waals surface area contributed by atoms with E-state index in [0.717, 1.165) is 45.2 Å². The Morgan fingerprint density at radius 3 is 2.89 bits per heavy atom. The third kappa shape index (κ3) is 6.58. The van der Waals surface area contributed by atoms with Crippen LogP contribution in [0.3, 0.4) is 0 Å². The Balaban J connectivity index is 0.00000261. The fourth-order valence-electron chi connectivity index (χ4n) is 4.28. The van der Waals surface area contributed by atoms with Gasteiger partial charge in [0.05, 0.1) is 0 Å². The van der Waals surface area contributed by atoms with Crippen molar-refractivity contribution in [2.75, 3.05) is 46.9 Å². The molecule has 1 fully saturated rings. The molecule has 2 N–H and O–H groups in total. The Morgan fingerprint density at radius 2 is 2.15 bits per heavy atom. The highest BCUT2D eigenvalue weighted by molar-refractivity contribution is 14.0. The van der Waals surface area contributed by atoms with Crippen LogP contribution in [-0.4, -0.2) is 57.8 Å². The first kappa shape index (κ1) is 22.9. The molecule has 0 amide bonds. The van der Waals surface area contributed by atoms with Gasteiger partial charge in [0.15, 0.2) is 5.96 Å². The molecule has 1 aliphatic carbocycles. The van der Waals surface area contributed by atoms with E-state index in [2.05, 4.69) is 32.0 Å². The maximum Gasteiger partial charge on any atom is 0.191 e. The van der Waals surface area contributed by atoms with Crippen LogP contribution in [0.1, 0.15) is 42.5 Å². The van der Waals surface area contributed by atoms with Crippen LogP contribution in [0.15, 0.2) is 16.4 Å². The number of rotatable bonds is 8. The van der Waals surface area contributed by atoms with Gasteiger partial charge < -0.3 is 15.4 Å². The third-order valence-corrected chi connectivity index (χ3v) is 6.99. The molecule has 1 aromatic heterocycles. The summed E-state index contributed by atoms with van der Waals surface area (Å²) in [5, 5.41) is 9.30. The van der Waals surface area contributed by atoms with Gasteiger partial charge in [0.25, 0.3) is 0 Å². The van der Waals surface area contributed by atoms with Crippen molar-refractivity contribution in [3.63, 3.8) is 0 Å². The van der Waals surface area contributed by atoms with E-state index < -0.39 is 0 Å². The zero-order valence-electron chi connectivity index (χ0n) is 16.8. The number of fused-ring (bicyclic) bond motifs is 1. The van der Waals surface area contributed by atoms with E-state index >= 15 is 0 Å². The highest BCUT2D eigenvalue weighted by atomic mass is 127. The molecular formula is C20H35IN4OS. The molecule has 2 aliphatic rings. The molecule has 0 spiro atoms. The van der Waals surface area contributed by atoms with Crippen LogP contribution in [0.4, 0.5) is 0 Å².